The maximum Gasteiger partial charge on any atom is 0.407 e. The number of hydrogen-bond acceptors (Lipinski definition) is 3. The number of ether oxygens (including phenoxy) is 1. The van der Waals surface area contributed by atoms with E-state index in [1.54, 1.807) is 19.1 Å². The molecule has 0 bridgehead atoms. The standard InChI is InChI=1S/C18H20ClNO3/c1-18(13-21,11-14-7-9-16(19)10-8-14)20-17(22)23-12-15-5-3-2-4-6-15/h2-10,21H,11-13H2,1H3,(H,20,22). The minimum Gasteiger partial charge on any atom is -0.445 e. The van der Waals surface area contributed by atoms with E-state index in [0.717, 1.165) is 11.1 Å². The highest BCUT2D eigenvalue weighted by Gasteiger charge is 2.26. The molecule has 0 spiro atoms. The third-order valence-corrected chi connectivity index (χ3v) is 3.73. The first-order valence-corrected chi connectivity index (χ1v) is 7.73. The van der Waals surface area contributed by atoms with Crippen molar-refractivity contribution in [3.63, 3.8) is 0 Å². The molecule has 2 N–H and O–H groups in total. The number of amides is 1. The zero-order valence-corrected chi connectivity index (χ0v) is 13.7. The molecule has 0 aliphatic rings. The van der Waals surface area contributed by atoms with Crippen LogP contribution < -0.4 is 5.32 Å². The lowest BCUT2D eigenvalue weighted by atomic mass is 9.94. The van der Waals surface area contributed by atoms with Gasteiger partial charge in [-0.2, -0.15) is 0 Å². The molecular weight excluding hydrogens is 314 g/mol. The summed E-state index contributed by atoms with van der Waals surface area (Å²) in [5.41, 5.74) is 1.07. The Balaban J connectivity index is 1.91. The summed E-state index contributed by atoms with van der Waals surface area (Å²) < 4.78 is 5.20. The Morgan fingerprint density at radius 2 is 1.78 bits per heavy atom. The van der Waals surface area contributed by atoms with Crippen molar-refractivity contribution in [2.45, 2.75) is 25.5 Å². The van der Waals surface area contributed by atoms with Crippen LogP contribution in [-0.4, -0.2) is 23.3 Å². The summed E-state index contributed by atoms with van der Waals surface area (Å²) in [6, 6.07) is 16.7. The van der Waals surface area contributed by atoms with E-state index in [4.69, 9.17) is 16.3 Å². The first-order chi connectivity index (χ1) is 11.0. The fraction of sp³-hybridized carbons (Fsp3) is 0.278. The number of carbonyl (C=O) groups is 1. The van der Waals surface area contributed by atoms with Crippen molar-refractivity contribution in [2.24, 2.45) is 0 Å². The largest absolute Gasteiger partial charge is 0.445 e. The first kappa shape index (κ1) is 17.3. The van der Waals surface area contributed by atoms with Gasteiger partial charge in [-0.1, -0.05) is 54.1 Å². The predicted octanol–water partition coefficient (Wildman–Crippen LogP) is 3.56. The van der Waals surface area contributed by atoms with E-state index in [0.29, 0.717) is 11.4 Å². The second-order valence-corrected chi connectivity index (χ2v) is 6.15. The molecule has 2 aromatic rings. The molecule has 0 aromatic heterocycles. The molecule has 0 saturated carbocycles. The van der Waals surface area contributed by atoms with Crippen molar-refractivity contribution in [2.75, 3.05) is 6.61 Å². The van der Waals surface area contributed by atoms with Crippen LogP contribution in [0.1, 0.15) is 18.1 Å². The third kappa shape index (κ3) is 5.58. The van der Waals surface area contributed by atoms with Crippen LogP contribution in [-0.2, 0) is 17.8 Å². The molecule has 0 aliphatic carbocycles. The number of nitrogens with one attached hydrogen (secondary N) is 1. The number of aliphatic hydroxyl groups is 1. The van der Waals surface area contributed by atoms with Crippen LogP contribution in [0.5, 0.6) is 0 Å². The van der Waals surface area contributed by atoms with Crippen LogP contribution in [0.2, 0.25) is 5.02 Å². The molecule has 1 atom stereocenters. The van der Waals surface area contributed by atoms with Gasteiger partial charge in [-0.3, -0.25) is 0 Å². The van der Waals surface area contributed by atoms with Gasteiger partial charge in [-0.25, -0.2) is 4.79 Å². The van der Waals surface area contributed by atoms with E-state index in [9.17, 15) is 9.90 Å². The molecule has 0 saturated heterocycles. The molecule has 2 rings (SSSR count). The van der Waals surface area contributed by atoms with Crippen molar-refractivity contribution in [3.05, 3.63) is 70.7 Å². The summed E-state index contributed by atoms with van der Waals surface area (Å²) in [5.74, 6) is 0. The summed E-state index contributed by atoms with van der Waals surface area (Å²) in [6.07, 6.45) is -0.0828. The van der Waals surface area contributed by atoms with E-state index >= 15 is 0 Å². The van der Waals surface area contributed by atoms with E-state index in [1.165, 1.54) is 0 Å². The van der Waals surface area contributed by atoms with Crippen molar-refractivity contribution in [1.82, 2.24) is 5.32 Å². The van der Waals surface area contributed by atoms with Crippen LogP contribution in [0.4, 0.5) is 4.79 Å². The van der Waals surface area contributed by atoms with Gasteiger partial charge in [0.2, 0.25) is 0 Å². The molecule has 0 radical (unpaired) electrons. The van der Waals surface area contributed by atoms with Crippen LogP contribution in [0.3, 0.4) is 0 Å². The van der Waals surface area contributed by atoms with E-state index in [1.807, 2.05) is 42.5 Å². The SMILES string of the molecule is CC(CO)(Cc1ccc(Cl)cc1)NC(=O)OCc1ccccc1. The zero-order valence-electron chi connectivity index (χ0n) is 13.0. The first-order valence-electron chi connectivity index (χ1n) is 7.35. The highest BCUT2D eigenvalue weighted by molar-refractivity contribution is 6.30. The summed E-state index contributed by atoms with van der Waals surface area (Å²) >= 11 is 5.86. The predicted molar refractivity (Wildman–Crippen MR) is 90.4 cm³/mol. The highest BCUT2D eigenvalue weighted by Crippen LogP contribution is 2.16. The zero-order chi connectivity index (χ0) is 16.7. The molecule has 0 heterocycles. The maximum atomic E-state index is 12.0. The fourth-order valence-corrected chi connectivity index (χ4v) is 2.32. The van der Waals surface area contributed by atoms with Gasteiger partial charge in [0.25, 0.3) is 0 Å². The van der Waals surface area contributed by atoms with Crippen LogP contribution in [0.25, 0.3) is 0 Å². The smallest absolute Gasteiger partial charge is 0.407 e. The molecule has 0 aliphatic heterocycles. The maximum absolute atomic E-state index is 12.0. The fourth-order valence-electron chi connectivity index (χ4n) is 2.20. The molecule has 1 amide bonds. The van der Waals surface area contributed by atoms with E-state index < -0.39 is 11.6 Å². The van der Waals surface area contributed by atoms with Gasteiger partial charge in [0.05, 0.1) is 12.1 Å². The normalized spacial score (nSPS) is 13.2. The molecule has 4 nitrogen and oxygen atoms in total. The van der Waals surface area contributed by atoms with Crippen molar-refractivity contribution >= 4 is 17.7 Å². The topological polar surface area (TPSA) is 58.6 Å². The Bertz CT molecular complexity index is 630. The molecular formula is C18H20ClNO3. The van der Waals surface area contributed by atoms with Crippen molar-refractivity contribution in [1.29, 1.82) is 0 Å². The Morgan fingerprint density at radius 3 is 2.39 bits per heavy atom. The van der Waals surface area contributed by atoms with Gasteiger partial charge in [-0.15, -0.1) is 0 Å². The molecule has 5 heteroatoms. The Kier molecular flexibility index (Phi) is 6.02. The van der Waals surface area contributed by atoms with Crippen molar-refractivity contribution < 1.29 is 14.6 Å². The summed E-state index contributed by atoms with van der Waals surface area (Å²) in [5, 5.41) is 13.0. The lowest BCUT2D eigenvalue weighted by molar-refractivity contribution is 0.111. The monoisotopic (exact) mass is 333 g/mol. The second kappa shape index (κ2) is 7.99. The van der Waals surface area contributed by atoms with Crippen LogP contribution >= 0.6 is 11.6 Å². The minimum atomic E-state index is -0.804. The number of aliphatic hydroxyl groups excluding tert-OH is 1. The summed E-state index contributed by atoms with van der Waals surface area (Å²) in [7, 11) is 0. The van der Waals surface area contributed by atoms with Gasteiger partial charge < -0.3 is 15.2 Å². The molecule has 0 fully saturated rings. The number of halogens is 1. The Labute approximate surface area is 141 Å². The number of carbonyl (C=O) groups excluding carboxylic acids is 1. The summed E-state index contributed by atoms with van der Waals surface area (Å²) in [6.45, 7) is 1.76. The van der Waals surface area contributed by atoms with Gasteiger partial charge in [0, 0.05) is 5.02 Å². The van der Waals surface area contributed by atoms with Crippen LogP contribution in [0.15, 0.2) is 54.6 Å². The van der Waals surface area contributed by atoms with Crippen molar-refractivity contribution in [3.8, 4) is 0 Å². The van der Waals surface area contributed by atoms with Crippen LogP contribution in [0, 0.1) is 0 Å². The molecule has 122 valence electrons. The summed E-state index contributed by atoms with van der Waals surface area (Å²) in [4.78, 5) is 12.0. The lowest BCUT2D eigenvalue weighted by Gasteiger charge is -2.28. The van der Waals surface area contributed by atoms with Gasteiger partial charge in [0.1, 0.15) is 6.61 Å². The molecule has 2 aromatic carbocycles. The molecule has 23 heavy (non-hydrogen) atoms. The number of benzene rings is 2. The average Bonchev–Trinajstić information content (AvgIpc) is 2.56. The van der Waals surface area contributed by atoms with E-state index in [-0.39, 0.29) is 13.2 Å². The Morgan fingerprint density at radius 1 is 1.13 bits per heavy atom. The van der Waals surface area contributed by atoms with E-state index in [2.05, 4.69) is 5.32 Å². The highest BCUT2D eigenvalue weighted by atomic mass is 35.5. The minimum absolute atomic E-state index is 0.190. The number of hydrogen-bond donors (Lipinski definition) is 2. The van der Waals surface area contributed by atoms with Gasteiger partial charge in [-0.05, 0) is 36.6 Å². The van der Waals surface area contributed by atoms with Gasteiger partial charge >= 0.3 is 6.09 Å². The third-order valence-electron chi connectivity index (χ3n) is 3.47. The Hall–Kier alpha value is -2.04. The average molecular weight is 334 g/mol. The quantitative estimate of drug-likeness (QED) is 0.849. The number of rotatable bonds is 6. The second-order valence-electron chi connectivity index (χ2n) is 5.71. The lowest BCUT2D eigenvalue weighted by Crippen LogP contribution is -2.50. The number of alkyl carbamates (subject to hydrolysis) is 1. The molecule has 1 unspecified atom stereocenters. The van der Waals surface area contributed by atoms with Gasteiger partial charge in [0.15, 0.2) is 0 Å².